The van der Waals surface area contributed by atoms with Crippen molar-refractivity contribution >= 4 is 18.0 Å². The molecule has 1 aromatic rings. The first-order valence-corrected chi connectivity index (χ1v) is 7.41. The van der Waals surface area contributed by atoms with E-state index < -0.39 is 17.7 Å². The fourth-order valence-corrected chi connectivity index (χ4v) is 2.58. The van der Waals surface area contributed by atoms with Gasteiger partial charge in [0.15, 0.2) is 5.84 Å². The summed E-state index contributed by atoms with van der Waals surface area (Å²) >= 11 is 0. The molecule has 1 aromatic carbocycles. The summed E-state index contributed by atoms with van der Waals surface area (Å²) in [5, 5.41) is 23.6. The first kappa shape index (κ1) is 17.4. The van der Waals surface area contributed by atoms with Crippen LogP contribution in [-0.2, 0) is 11.3 Å². The summed E-state index contributed by atoms with van der Waals surface area (Å²) in [6.07, 6.45) is -1.38. The number of carbonyl (C=O) groups is 2. The maximum Gasteiger partial charge on any atom is 0.408 e. The molecular formula is C15H20N4O5. The van der Waals surface area contributed by atoms with Gasteiger partial charge in [0.05, 0.1) is 0 Å². The molecule has 1 aliphatic heterocycles. The van der Waals surface area contributed by atoms with Crippen molar-refractivity contribution in [1.82, 2.24) is 10.2 Å². The number of benzene rings is 1. The van der Waals surface area contributed by atoms with Gasteiger partial charge in [0.25, 0.3) is 0 Å². The number of nitrogens with zero attached hydrogens (tertiary/aromatic N) is 2. The van der Waals surface area contributed by atoms with Crippen LogP contribution in [0.2, 0.25) is 0 Å². The molecule has 5 N–H and O–H groups in total. The fraction of sp³-hybridized carbons (Fsp3) is 0.400. The number of carbonyl (C=O) groups excluding carboxylic acids is 1. The van der Waals surface area contributed by atoms with E-state index >= 15 is 0 Å². The highest BCUT2D eigenvalue weighted by atomic mass is 16.5. The number of hydrogen-bond donors (Lipinski definition) is 4. The van der Waals surface area contributed by atoms with Crippen LogP contribution in [0, 0.1) is 0 Å². The summed E-state index contributed by atoms with van der Waals surface area (Å²) in [5.41, 5.74) is 5.42. The summed E-state index contributed by atoms with van der Waals surface area (Å²) in [4.78, 5) is 24.3. The second-order valence-corrected chi connectivity index (χ2v) is 5.52. The molecule has 0 aliphatic carbocycles. The molecule has 0 aromatic heterocycles. The molecule has 0 radical (unpaired) electrons. The van der Waals surface area contributed by atoms with Gasteiger partial charge >= 0.3 is 12.2 Å². The highest BCUT2D eigenvalue weighted by Crippen LogP contribution is 2.23. The molecule has 2 amide bonds. The van der Waals surface area contributed by atoms with E-state index in [1.807, 2.05) is 30.3 Å². The molecular weight excluding hydrogens is 316 g/mol. The van der Waals surface area contributed by atoms with E-state index in [1.165, 1.54) is 4.90 Å². The Labute approximate surface area is 138 Å². The lowest BCUT2D eigenvalue weighted by molar-refractivity contribution is 0.107. The third-order valence-corrected chi connectivity index (χ3v) is 4.04. The van der Waals surface area contributed by atoms with Crippen LogP contribution in [0.1, 0.15) is 18.4 Å². The smallest absolute Gasteiger partial charge is 0.408 e. The van der Waals surface area contributed by atoms with Gasteiger partial charge in [-0.3, -0.25) is 0 Å². The predicted molar refractivity (Wildman–Crippen MR) is 84.7 cm³/mol. The molecule has 130 valence electrons. The van der Waals surface area contributed by atoms with Crippen molar-refractivity contribution in [2.24, 2.45) is 10.9 Å². The zero-order valence-electron chi connectivity index (χ0n) is 13.0. The summed E-state index contributed by atoms with van der Waals surface area (Å²) in [5.74, 6) is -0.177. The molecule has 1 heterocycles. The number of hydrogen-bond acceptors (Lipinski definition) is 5. The van der Waals surface area contributed by atoms with Crippen LogP contribution in [0.3, 0.4) is 0 Å². The van der Waals surface area contributed by atoms with Crippen LogP contribution in [0.5, 0.6) is 0 Å². The second-order valence-electron chi connectivity index (χ2n) is 5.52. The number of likely N-dealkylation sites (tertiary alicyclic amines) is 1. The van der Waals surface area contributed by atoms with Crippen molar-refractivity contribution in [3.05, 3.63) is 35.9 Å². The topological polar surface area (TPSA) is 137 Å². The SMILES string of the molecule is NC(=NO)C1(NC(=O)OCc2ccccc2)CCN(C(=O)O)CC1. The van der Waals surface area contributed by atoms with Gasteiger partial charge in [-0.15, -0.1) is 0 Å². The molecule has 0 saturated carbocycles. The Hall–Kier alpha value is -2.97. The average molecular weight is 336 g/mol. The summed E-state index contributed by atoms with van der Waals surface area (Å²) in [7, 11) is 0. The lowest BCUT2D eigenvalue weighted by atomic mass is 9.86. The van der Waals surface area contributed by atoms with Crippen molar-refractivity contribution in [3.8, 4) is 0 Å². The monoisotopic (exact) mass is 336 g/mol. The Kier molecular flexibility index (Phi) is 5.46. The predicted octanol–water partition coefficient (Wildman–Crippen LogP) is 1.17. The Bertz CT molecular complexity index is 612. The standard InChI is InChI=1S/C15H20N4O5/c16-12(18-23)15(6-8-19(9-7-15)14(21)22)17-13(20)24-10-11-4-2-1-3-5-11/h1-5,23H,6-10H2,(H2,16,18)(H,17,20)(H,21,22). The molecule has 9 nitrogen and oxygen atoms in total. The second kappa shape index (κ2) is 7.53. The molecule has 1 aliphatic rings. The van der Waals surface area contributed by atoms with Crippen LogP contribution in [0.15, 0.2) is 35.5 Å². The van der Waals surface area contributed by atoms with E-state index in [0.29, 0.717) is 0 Å². The van der Waals surface area contributed by atoms with Gasteiger partial charge in [-0.05, 0) is 18.4 Å². The van der Waals surface area contributed by atoms with E-state index in [2.05, 4.69) is 10.5 Å². The zero-order chi connectivity index (χ0) is 17.6. The summed E-state index contributed by atoms with van der Waals surface area (Å²) in [6.45, 7) is 0.398. The average Bonchev–Trinajstić information content (AvgIpc) is 2.60. The van der Waals surface area contributed by atoms with Crippen molar-refractivity contribution in [2.45, 2.75) is 25.0 Å². The minimum Gasteiger partial charge on any atom is -0.465 e. The van der Waals surface area contributed by atoms with Crippen molar-refractivity contribution in [2.75, 3.05) is 13.1 Å². The van der Waals surface area contributed by atoms with Crippen LogP contribution in [0.25, 0.3) is 0 Å². The number of amides is 2. The van der Waals surface area contributed by atoms with Crippen LogP contribution in [-0.4, -0.2) is 51.9 Å². The van der Waals surface area contributed by atoms with Crippen molar-refractivity contribution in [3.63, 3.8) is 0 Å². The normalized spacial score (nSPS) is 17.2. The molecule has 24 heavy (non-hydrogen) atoms. The number of nitrogens with one attached hydrogen (secondary N) is 1. The number of amidine groups is 1. The number of oxime groups is 1. The largest absolute Gasteiger partial charge is 0.465 e. The van der Waals surface area contributed by atoms with E-state index in [4.69, 9.17) is 20.8 Å². The lowest BCUT2D eigenvalue weighted by Gasteiger charge is -2.39. The van der Waals surface area contributed by atoms with Gasteiger partial charge in [-0.2, -0.15) is 0 Å². The molecule has 9 heteroatoms. The first-order chi connectivity index (χ1) is 11.5. The summed E-state index contributed by atoms with van der Waals surface area (Å²) in [6, 6.07) is 9.15. The van der Waals surface area contributed by atoms with Gasteiger partial charge in [-0.1, -0.05) is 35.5 Å². The number of alkyl carbamates (subject to hydrolysis) is 1. The number of carboxylic acid groups (broad SMARTS) is 1. The Morgan fingerprint density at radius 3 is 2.46 bits per heavy atom. The fourth-order valence-electron chi connectivity index (χ4n) is 2.58. The lowest BCUT2D eigenvalue weighted by Crippen LogP contribution is -2.62. The Morgan fingerprint density at radius 2 is 1.92 bits per heavy atom. The third-order valence-electron chi connectivity index (χ3n) is 4.04. The van der Waals surface area contributed by atoms with Crippen molar-refractivity contribution < 1.29 is 24.6 Å². The quantitative estimate of drug-likeness (QED) is 0.282. The van der Waals surface area contributed by atoms with E-state index in [-0.39, 0.29) is 38.4 Å². The Morgan fingerprint density at radius 1 is 1.29 bits per heavy atom. The van der Waals surface area contributed by atoms with E-state index in [0.717, 1.165) is 5.56 Å². The molecule has 0 spiro atoms. The molecule has 0 unspecified atom stereocenters. The van der Waals surface area contributed by atoms with Gasteiger partial charge in [0.1, 0.15) is 12.1 Å². The van der Waals surface area contributed by atoms with Gasteiger partial charge in [0.2, 0.25) is 0 Å². The van der Waals surface area contributed by atoms with Gasteiger partial charge in [0, 0.05) is 13.1 Å². The Balaban J connectivity index is 1.99. The minimum atomic E-state index is -1.13. The number of rotatable bonds is 4. The molecule has 0 bridgehead atoms. The highest BCUT2D eigenvalue weighted by molar-refractivity contribution is 5.93. The van der Waals surface area contributed by atoms with E-state index in [9.17, 15) is 9.59 Å². The molecule has 1 saturated heterocycles. The maximum atomic E-state index is 12.1. The number of piperidine rings is 1. The van der Waals surface area contributed by atoms with Crippen LogP contribution >= 0.6 is 0 Å². The minimum absolute atomic E-state index is 0.0835. The third kappa shape index (κ3) is 4.06. The molecule has 1 fully saturated rings. The molecule has 0 atom stereocenters. The van der Waals surface area contributed by atoms with Crippen LogP contribution < -0.4 is 11.1 Å². The van der Waals surface area contributed by atoms with Gasteiger partial charge in [-0.25, -0.2) is 9.59 Å². The highest BCUT2D eigenvalue weighted by Gasteiger charge is 2.41. The molecule has 2 rings (SSSR count). The number of ether oxygens (including phenoxy) is 1. The summed E-state index contributed by atoms with van der Waals surface area (Å²) < 4.78 is 5.15. The zero-order valence-corrected chi connectivity index (χ0v) is 13.0. The van der Waals surface area contributed by atoms with Crippen LogP contribution in [0.4, 0.5) is 9.59 Å². The van der Waals surface area contributed by atoms with E-state index in [1.54, 1.807) is 0 Å². The van der Waals surface area contributed by atoms with Gasteiger partial charge < -0.3 is 31.0 Å². The van der Waals surface area contributed by atoms with Crippen molar-refractivity contribution in [1.29, 1.82) is 0 Å². The first-order valence-electron chi connectivity index (χ1n) is 7.41. The maximum absolute atomic E-state index is 12.1. The number of nitrogens with two attached hydrogens (primary N) is 1.